The van der Waals surface area contributed by atoms with Crippen LogP contribution in [0.5, 0.6) is 0 Å². The summed E-state index contributed by atoms with van der Waals surface area (Å²) in [6.45, 7) is 1.96. The lowest BCUT2D eigenvalue weighted by molar-refractivity contribution is 0.520. The molecule has 0 radical (unpaired) electrons. The van der Waals surface area contributed by atoms with Crippen LogP contribution in [0.1, 0.15) is 22.9 Å². The maximum Gasteiger partial charge on any atom is 0.101 e. The van der Waals surface area contributed by atoms with Gasteiger partial charge in [-0.05, 0) is 38.1 Å². The van der Waals surface area contributed by atoms with E-state index in [1.165, 1.54) is 11.1 Å². The van der Waals surface area contributed by atoms with Crippen molar-refractivity contribution in [3.8, 4) is 0 Å². The largest absolute Gasteiger partial charge is 0.469 e. The van der Waals surface area contributed by atoms with Gasteiger partial charge in [0.15, 0.2) is 0 Å². The van der Waals surface area contributed by atoms with Crippen LogP contribution in [0.3, 0.4) is 0 Å². The average molecular weight is 216 g/mol. The zero-order chi connectivity index (χ0) is 11.4. The molecule has 2 aromatic rings. The van der Waals surface area contributed by atoms with Crippen LogP contribution in [0.25, 0.3) is 0 Å². The Morgan fingerprint density at radius 3 is 2.94 bits per heavy atom. The van der Waals surface area contributed by atoms with E-state index in [1.54, 1.807) is 6.20 Å². The number of aromatic nitrogens is 1. The van der Waals surface area contributed by atoms with Crippen molar-refractivity contribution >= 4 is 0 Å². The predicted octanol–water partition coefficient (Wildman–Crippen LogP) is 2.49. The van der Waals surface area contributed by atoms with Gasteiger partial charge in [0.1, 0.15) is 5.76 Å². The van der Waals surface area contributed by atoms with Crippen molar-refractivity contribution in [2.24, 2.45) is 0 Å². The minimum absolute atomic E-state index is 0.279. The van der Waals surface area contributed by atoms with Crippen LogP contribution in [0.2, 0.25) is 0 Å². The zero-order valence-corrected chi connectivity index (χ0v) is 9.60. The summed E-state index contributed by atoms with van der Waals surface area (Å²) < 4.78 is 5.33. The fourth-order valence-electron chi connectivity index (χ4n) is 1.79. The second kappa shape index (κ2) is 4.94. The Morgan fingerprint density at radius 1 is 1.50 bits per heavy atom. The van der Waals surface area contributed by atoms with Crippen molar-refractivity contribution in [1.29, 1.82) is 0 Å². The van der Waals surface area contributed by atoms with E-state index in [1.807, 2.05) is 32.5 Å². The first-order chi connectivity index (χ1) is 7.79. The molecule has 0 bridgehead atoms. The number of hydrogen-bond acceptors (Lipinski definition) is 3. The minimum Gasteiger partial charge on any atom is -0.469 e. The molecule has 0 aromatic carbocycles. The molecule has 2 rings (SSSR count). The third kappa shape index (κ3) is 2.49. The summed E-state index contributed by atoms with van der Waals surface area (Å²) in [5, 5.41) is 3.29. The van der Waals surface area contributed by atoms with Gasteiger partial charge in [0.25, 0.3) is 0 Å². The van der Waals surface area contributed by atoms with Crippen LogP contribution in [0.4, 0.5) is 0 Å². The molecule has 2 heterocycles. The summed E-state index contributed by atoms with van der Waals surface area (Å²) in [7, 11) is 1.96. The topological polar surface area (TPSA) is 38.1 Å². The molecule has 1 N–H and O–H groups in total. The van der Waals surface area contributed by atoms with E-state index in [9.17, 15) is 0 Å². The van der Waals surface area contributed by atoms with Gasteiger partial charge in [0, 0.05) is 24.0 Å². The van der Waals surface area contributed by atoms with E-state index >= 15 is 0 Å². The molecule has 16 heavy (non-hydrogen) atoms. The highest BCUT2D eigenvalue weighted by atomic mass is 16.3. The lowest BCUT2D eigenvalue weighted by atomic mass is 10.0. The number of nitrogens with zero attached hydrogens (tertiary/aromatic N) is 1. The Morgan fingerprint density at radius 2 is 2.38 bits per heavy atom. The highest BCUT2D eigenvalue weighted by Crippen LogP contribution is 2.19. The average Bonchev–Trinajstić information content (AvgIpc) is 2.74. The molecule has 0 aliphatic rings. The Kier molecular flexibility index (Phi) is 3.37. The molecule has 0 aliphatic heterocycles. The third-order valence-electron chi connectivity index (χ3n) is 2.66. The summed E-state index contributed by atoms with van der Waals surface area (Å²) in [4.78, 5) is 4.12. The first-order valence-corrected chi connectivity index (χ1v) is 5.41. The standard InChI is InChI=1S/C13H16N2O/c1-10-6-12(9-16-10)13(14-2)7-11-4-3-5-15-8-11/h3-6,8-9,13-14H,7H2,1-2H3. The van der Waals surface area contributed by atoms with Gasteiger partial charge in [-0.1, -0.05) is 6.07 Å². The molecule has 0 amide bonds. The number of hydrogen-bond donors (Lipinski definition) is 1. The molecule has 0 saturated heterocycles. The van der Waals surface area contributed by atoms with Gasteiger partial charge in [-0.2, -0.15) is 0 Å². The number of aryl methyl sites for hydroxylation is 1. The molecule has 3 nitrogen and oxygen atoms in total. The van der Waals surface area contributed by atoms with Gasteiger partial charge in [-0.3, -0.25) is 4.98 Å². The lowest BCUT2D eigenvalue weighted by Gasteiger charge is -2.13. The summed E-state index contributed by atoms with van der Waals surface area (Å²) in [5.41, 5.74) is 2.41. The minimum atomic E-state index is 0.279. The van der Waals surface area contributed by atoms with Crippen LogP contribution < -0.4 is 5.32 Å². The van der Waals surface area contributed by atoms with Crippen molar-refractivity contribution in [3.63, 3.8) is 0 Å². The van der Waals surface area contributed by atoms with E-state index in [0.29, 0.717) is 0 Å². The van der Waals surface area contributed by atoms with Gasteiger partial charge >= 0.3 is 0 Å². The Hall–Kier alpha value is -1.61. The van der Waals surface area contributed by atoms with Crippen molar-refractivity contribution in [3.05, 3.63) is 53.7 Å². The highest BCUT2D eigenvalue weighted by Gasteiger charge is 2.12. The van der Waals surface area contributed by atoms with E-state index in [0.717, 1.165) is 12.2 Å². The molecule has 0 saturated carbocycles. The Labute approximate surface area is 95.5 Å². The van der Waals surface area contributed by atoms with Crippen molar-refractivity contribution < 1.29 is 4.42 Å². The monoisotopic (exact) mass is 216 g/mol. The number of nitrogens with one attached hydrogen (secondary N) is 1. The predicted molar refractivity (Wildman–Crippen MR) is 63.2 cm³/mol. The summed E-state index contributed by atoms with van der Waals surface area (Å²) >= 11 is 0. The molecule has 3 heteroatoms. The Balaban J connectivity index is 2.12. The maximum absolute atomic E-state index is 5.33. The second-order valence-electron chi connectivity index (χ2n) is 3.90. The van der Waals surface area contributed by atoms with Crippen LogP contribution in [0, 0.1) is 6.92 Å². The van der Waals surface area contributed by atoms with Gasteiger partial charge < -0.3 is 9.73 Å². The lowest BCUT2D eigenvalue weighted by Crippen LogP contribution is -2.18. The van der Waals surface area contributed by atoms with Gasteiger partial charge in [0.2, 0.25) is 0 Å². The fraction of sp³-hybridized carbons (Fsp3) is 0.308. The number of likely N-dealkylation sites (N-methyl/N-ethyl adjacent to an activating group) is 1. The molecule has 1 atom stereocenters. The zero-order valence-electron chi connectivity index (χ0n) is 9.60. The van der Waals surface area contributed by atoms with Crippen LogP contribution >= 0.6 is 0 Å². The molecule has 84 valence electrons. The summed E-state index contributed by atoms with van der Waals surface area (Å²) in [5.74, 6) is 0.946. The van der Waals surface area contributed by atoms with E-state index in [-0.39, 0.29) is 6.04 Å². The number of furan rings is 1. The molecule has 1 unspecified atom stereocenters. The normalized spacial score (nSPS) is 12.6. The number of pyridine rings is 1. The SMILES string of the molecule is CNC(Cc1cccnc1)c1coc(C)c1. The van der Waals surface area contributed by atoms with Crippen LogP contribution in [0.15, 0.2) is 41.3 Å². The maximum atomic E-state index is 5.33. The first-order valence-electron chi connectivity index (χ1n) is 5.41. The van der Waals surface area contributed by atoms with Crippen molar-refractivity contribution in [1.82, 2.24) is 10.3 Å². The number of rotatable bonds is 4. The third-order valence-corrected chi connectivity index (χ3v) is 2.66. The van der Waals surface area contributed by atoms with Gasteiger partial charge in [-0.25, -0.2) is 0 Å². The second-order valence-corrected chi connectivity index (χ2v) is 3.90. The van der Waals surface area contributed by atoms with Crippen LogP contribution in [-0.2, 0) is 6.42 Å². The van der Waals surface area contributed by atoms with Gasteiger partial charge in [0.05, 0.1) is 6.26 Å². The van der Waals surface area contributed by atoms with E-state index in [2.05, 4.69) is 22.4 Å². The van der Waals surface area contributed by atoms with Gasteiger partial charge in [-0.15, -0.1) is 0 Å². The molecule has 0 fully saturated rings. The van der Waals surface area contributed by atoms with Crippen LogP contribution in [-0.4, -0.2) is 12.0 Å². The molecular formula is C13H16N2O. The quantitative estimate of drug-likeness (QED) is 0.853. The summed E-state index contributed by atoms with van der Waals surface area (Å²) in [6, 6.07) is 6.39. The molecule has 0 aliphatic carbocycles. The van der Waals surface area contributed by atoms with E-state index < -0.39 is 0 Å². The molecule has 0 spiro atoms. The first kappa shape index (κ1) is 10.9. The fourth-order valence-corrected chi connectivity index (χ4v) is 1.79. The molecule has 2 aromatic heterocycles. The van der Waals surface area contributed by atoms with Crippen molar-refractivity contribution in [2.45, 2.75) is 19.4 Å². The van der Waals surface area contributed by atoms with E-state index in [4.69, 9.17) is 4.42 Å². The summed E-state index contributed by atoms with van der Waals surface area (Å²) in [6.07, 6.45) is 6.42. The molecular weight excluding hydrogens is 200 g/mol. The Bertz CT molecular complexity index is 436. The van der Waals surface area contributed by atoms with Crippen molar-refractivity contribution in [2.75, 3.05) is 7.05 Å². The smallest absolute Gasteiger partial charge is 0.101 e. The highest BCUT2D eigenvalue weighted by molar-refractivity contribution is 5.20.